The lowest BCUT2D eigenvalue weighted by atomic mass is 10.1. The molecule has 8 heteroatoms. The summed E-state index contributed by atoms with van der Waals surface area (Å²) in [6.07, 6.45) is 0.937. The maximum Gasteiger partial charge on any atom is 0.267 e. The minimum Gasteiger partial charge on any atom is -0.495 e. The monoisotopic (exact) mass is 344 g/mol. The van der Waals surface area contributed by atoms with Crippen molar-refractivity contribution in [1.82, 2.24) is 9.97 Å². The molecule has 1 aromatic heterocycles. The maximum atomic E-state index is 12.9. The second-order valence-corrected chi connectivity index (χ2v) is 5.54. The molecule has 0 bridgehead atoms. The second kappa shape index (κ2) is 6.34. The fourth-order valence-corrected chi connectivity index (χ4v) is 2.70. The Balaban J connectivity index is 2.10. The lowest BCUT2D eigenvalue weighted by Gasteiger charge is -2.23. The Morgan fingerprint density at radius 2 is 2.25 bits per heavy atom. The largest absolute Gasteiger partial charge is 0.495 e. The molecule has 0 radical (unpaired) electrons. The molecular weight excluding hydrogens is 332 g/mol. The van der Waals surface area contributed by atoms with E-state index in [9.17, 15) is 10.1 Å². The van der Waals surface area contributed by atoms with Gasteiger partial charge >= 0.3 is 0 Å². The van der Waals surface area contributed by atoms with Gasteiger partial charge in [0.15, 0.2) is 0 Å². The topological polar surface area (TPSA) is 88.3 Å². The number of anilines is 1. The molecule has 1 aromatic carbocycles. The molecule has 1 atom stereocenters. The highest BCUT2D eigenvalue weighted by atomic mass is 35.5. The van der Waals surface area contributed by atoms with Crippen LogP contribution in [0.3, 0.4) is 0 Å². The number of rotatable bonds is 2. The Morgan fingerprint density at radius 1 is 1.46 bits per heavy atom. The van der Waals surface area contributed by atoms with Gasteiger partial charge in [0.1, 0.15) is 35.0 Å². The lowest BCUT2D eigenvalue weighted by molar-refractivity contribution is 0.0987. The zero-order valence-corrected chi connectivity index (χ0v) is 13.7. The normalized spacial score (nSPS) is 16.7. The molecule has 24 heavy (non-hydrogen) atoms. The number of carbonyl (C=O) groups is 1. The zero-order chi connectivity index (χ0) is 17.3. The van der Waals surface area contributed by atoms with Crippen LogP contribution in [0.5, 0.6) is 11.6 Å². The molecule has 2 heterocycles. The number of amides is 1. The van der Waals surface area contributed by atoms with E-state index in [2.05, 4.69) is 16.0 Å². The molecule has 0 N–H and O–H groups in total. The van der Waals surface area contributed by atoms with Gasteiger partial charge in [0.2, 0.25) is 5.88 Å². The van der Waals surface area contributed by atoms with Crippen LogP contribution in [-0.4, -0.2) is 35.6 Å². The van der Waals surface area contributed by atoms with Crippen molar-refractivity contribution in [2.45, 2.75) is 13.0 Å². The van der Waals surface area contributed by atoms with E-state index in [0.29, 0.717) is 17.0 Å². The van der Waals surface area contributed by atoms with E-state index in [1.54, 1.807) is 18.2 Å². The Kier molecular flexibility index (Phi) is 4.23. The van der Waals surface area contributed by atoms with Crippen LogP contribution in [0.25, 0.3) is 0 Å². The molecule has 1 amide bonds. The van der Waals surface area contributed by atoms with E-state index in [-0.39, 0.29) is 35.2 Å². The Labute approximate surface area is 143 Å². The number of nitriles is 1. The third kappa shape index (κ3) is 2.72. The van der Waals surface area contributed by atoms with E-state index in [1.165, 1.54) is 18.3 Å². The molecule has 0 aliphatic carbocycles. The number of methoxy groups -OCH3 is 1. The minimum absolute atomic E-state index is 0.0260. The lowest BCUT2D eigenvalue weighted by Crippen LogP contribution is -2.36. The van der Waals surface area contributed by atoms with Crippen LogP contribution >= 0.6 is 11.6 Å². The van der Waals surface area contributed by atoms with Crippen molar-refractivity contribution < 1.29 is 14.3 Å². The van der Waals surface area contributed by atoms with E-state index < -0.39 is 0 Å². The molecule has 1 unspecified atom stereocenters. The van der Waals surface area contributed by atoms with Gasteiger partial charge in [0.05, 0.1) is 19.2 Å². The van der Waals surface area contributed by atoms with Crippen molar-refractivity contribution in [3.63, 3.8) is 0 Å². The number of hydrogen-bond donors (Lipinski definition) is 0. The minimum atomic E-state index is -0.381. The molecule has 122 valence electrons. The molecule has 0 spiro atoms. The van der Waals surface area contributed by atoms with Crippen molar-refractivity contribution in [2.24, 2.45) is 0 Å². The number of halogens is 1. The van der Waals surface area contributed by atoms with Crippen LogP contribution in [-0.2, 0) is 0 Å². The summed E-state index contributed by atoms with van der Waals surface area (Å²) in [5.74, 6) is 0.215. The highest BCUT2D eigenvalue weighted by Crippen LogP contribution is 2.32. The Hall–Kier alpha value is -2.85. The number of ether oxygens (including phenoxy) is 2. The van der Waals surface area contributed by atoms with Gasteiger partial charge in [-0.3, -0.25) is 4.79 Å². The van der Waals surface area contributed by atoms with Crippen LogP contribution < -0.4 is 14.4 Å². The number of fused-ring (bicyclic) bond motifs is 1. The summed E-state index contributed by atoms with van der Waals surface area (Å²) in [4.78, 5) is 22.3. The molecule has 0 saturated heterocycles. The highest BCUT2D eigenvalue weighted by molar-refractivity contribution is 6.33. The fourth-order valence-electron chi connectivity index (χ4n) is 2.50. The first-order valence-corrected chi connectivity index (χ1v) is 7.50. The van der Waals surface area contributed by atoms with Crippen molar-refractivity contribution >= 4 is 23.2 Å². The van der Waals surface area contributed by atoms with Gasteiger partial charge in [-0.1, -0.05) is 11.6 Å². The van der Waals surface area contributed by atoms with Crippen molar-refractivity contribution in [3.05, 3.63) is 40.8 Å². The molecule has 3 rings (SSSR count). The third-order valence-corrected chi connectivity index (χ3v) is 3.88. The summed E-state index contributed by atoms with van der Waals surface area (Å²) in [6.45, 7) is 2.10. The molecule has 7 nitrogen and oxygen atoms in total. The average Bonchev–Trinajstić information content (AvgIpc) is 2.71. The van der Waals surface area contributed by atoms with Gasteiger partial charge in [-0.25, -0.2) is 9.97 Å². The Bertz CT molecular complexity index is 850. The number of carbonyl (C=O) groups excluding carboxylic acids is 1. The first-order chi connectivity index (χ1) is 11.5. The summed E-state index contributed by atoms with van der Waals surface area (Å²) < 4.78 is 10.8. The van der Waals surface area contributed by atoms with Crippen LogP contribution in [0.4, 0.5) is 5.69 Å². The Morgan fingerprint density at radius 3 is 2.96 bits per heavy atom. The van der Waals surface area contributed by atoms with Crippen LogP contribution in [0.2, 0.25) is 5.15 Å². The smallest absolute Gasteiger partial charge is 0.267 e. The summed E-state index contributed by atoms with van der Waals surface area (Å²) in [5, 5.41) is 9.27. The number of benzene rings is 1. The number of nitrogens with zero attached hydrogens (tertiary/aromatic N) is 4. The quantitative estimate of drug-likeness (QED) is 0.777. The molecule has 1 aliphatic heterocycles. The van der Waals surface area contributed by atoms with E-state index in [4.69, 9.17) is 21.1 Å². The fraction of sp³-hybridized carbons (Fsp3) is 0.250. The molecule has 0 fully saturated rings. The van der Waals surface area contributed by atoms with Crippen molar-refractivity contribution in [3.8, 4) is 17.7 Å². The maximum absolute atomic E-state index is 12.9. The van der Waals surface area contributed by atoms with Crippen LogP contribution in [0, 0.1) is 11.3 Å². The van der Waals surface area contributed by atoms with Crippen LogP contribution in [0.1, 0.15) is 22.8 Å². The first-order valence-electron chi connectivity index (χ1n) is 7.12. The SMILES string of the molecule is COc1ccc(N2CC(C)Oc3ncnc(Cl)c3C2=O)cc1C#N. The van der Waals surface area contributed by atoms with Gasteiger partial charge in [0, 0.05) is 5.69 Å². The number of hydrogen-bond acceptors (Lipinski definition) is 6. The third-order valence-electron chi connectivity index (χ3n) is 3.59. The predicted octanol–water partition coefficient (Wildman–Crippen LogP) is 2.44. The molecule has 2 aromatic rings. The van der Waals surface area contributed by atoms with E-state index in [0.717, 1.165) is 0 Å². The summed E-state index contributed by atoms with van der Waals surface area (Å²) >= 11 is 6.07. The summed E-state index contributed by atoms with van der Waals surface area (Å²) in [6, 6.07) is 6.98. The molecular formula is C16H13ClN4O3. The van der Waals surface area contributed by atoms with E-state index >= 15 is 0 Å². The average molecular weight is 345 g/mol. The van der Waals surface area contributed by atoms with Crippen molar-refractivity contribution in [2.75, 3.05) is 18.6 Å². The highest BCUT2D eigenvalue weighted by Gasteiger charge is 2.32. The van der Waals surface area contributed by atoms with Crippen molar-refractivity contribution in [1.29, 1.82) is 5.26 Å². The predicted molar refractivity (Wildman–Crippen MR) is 86.5 cm³/mol. The second-order valence-electron chi connectivity index (χ2n) is 5.19. The number of aromatic nitrogens is 2. The van der Waals surface area contributed by atoms with Gasteiger partial charge in [0.25, 0.3) is 5.91 Å². The van der Waals surface area contributed by atoms with Gasteiger partial charge in [-0.2, -0.15) is 5.26 Å². The van der Waals surface area contributed by atoms with Crippen LogP contribution in [0.15, 0.2) is 24.5 Å². The summed E-state index contributed by atoms with van der Waals surface area (Å²) in [7, 11) is 1.48. The van der Waals surface area contributed by atoms with E-state index in [1.807, 2.05) is 6.92 Å². The first kappa shape index (κ1) is 16.0. The zero-order valence-electron chi connectivity index (χ0n) is 13.0. The van der Waals surface area contributed by atoms with Gasteiger partial charge < -0.3 is 14.4 Å². The molecule has 0 saturated carbocycles. The standard InChI is InChI=1S/C16H13ClN4O3/c1-9-7-21(11-3-4-12(23-2)10(5-11)6-18)16(22)13-14(17)19-8-20-15(13)24-9/h3-5,8-9H,7H2,1-2H3. The summed E-state index contributed by atoms with van der Waals surface area (Å²) in [5.41, 5.74) is 0.981. The molecule has 1 aliphatic rings. The van der Waals surface area contributed by atoms with Gasteiger partial charge in [-0.05, 0) is 25.1 Å². The van der Waals surface area contributed by atoms with Gasteiger partial charge in [-0.15, -0.1) is 0 Å².